The number of alkyl halides is 3. The molecular weight excluding hydrogens is 301 g/mol. The fourth-order valence-corrected chi connectivity index (χ4v) is 1.49. The third kappa shape index (κ3) is 4.95. The lowest BCUT2D eigenvalue weighted by Gasteiger charge is -2.11. The van der Waals surface area contributed by atoms with E-state index in [1.54, 1.807) is 12.1 Å². The molecule has 0 aliphatic carbocycles. The highest BCUT2D eigenvalue weighted by Crippen LogP contribution is 2.26. The van der Waals surface area contributed by atoms with Crippen LogP contribution < -0.4 is 4.74 Å². The summed E-state index contributed by atoms with van der Waals surface area (Å²) in [6.45, 7) is 2.03. The van der Waals surface area contributed by atoms with Crippen molar-refractivity contribution < 1.29 is 22.6 Å². The average molecular weight is 313 g/mol. The lowest BCUT2D eigenvalue weighted by atomic mass is 10.1. The van der Waals surface area contributed by atoms with Gasteiger partial charge in [-0.3, -0.25) is 0 Å². The summed E-state index contributed by atoms with van der Waals surface area (Å²) < 4.78 is 45.7. The van der Waals surface area contributed by atoms with Gasteiger partial charge in [-0.05, 0) is 37.1 Å². The van der Waals surface area contributed by atoms with Crippen LogP contribution >= 0.6 is 15.9 Å². The van der Waals surface area contributed by atoms with Crippen LogP contribution in [0.2, 0.25) is 0 Å². The highest BCUT2D eigenvalue weighted by Gasteiger charge is 2.27. The van der Waals surface area contributed by atoms with Crippen LogP contribution in [0, 0.1) is 13.8 Å². The van der Waals surface area contributed by atoms with Gasteiger partial charge < -0.3 is 9.47 Å². The first-order valence-corrected chi connectivity index (χ1v) is 5.63. The molecule has 0 atom stereocenters. The molecule has 17 heavy (non-hydrogen) atoms. The number of benzene rings is 1. The van der Waals surface area contributed by atoms with Gasteiger partial charge in [-0.2, -0.15) is 13.2 Å². The smallest absolute Gasteiger partial charge is 0.411 e. The van der Waals surface area contributed by atoms with E-state index in [4.69, 9.17) is 4.74 Å². The first-order chi connectivity index (χ1) is 7.79. The van der Waals surface area contributed by atoms with Crippen LogP contribution in [0.1, 0.15) is 11.1 Å². The van der Waals surface area contributed by atoms with Gasteiger partial charge in [0.25, 0.3) is 0 Å². The predicted molar refractivity (Wildman–Crippen MR) is 61.1 cm³/mol. The second kappa shape index (κ2) is 5.73. The summed E-state index contributed by atoms with van der Waals surface area (Å²) in [4.78, 5) is 0. The van der Waals surface area contributed by atoms with Crippen molar-refractivity contribution in [3.05, 3.63) is 27.7 Å². The highest BCUT2D eigenvalue weighted by molar-refractivity contribution is 9.10. The lowest BCUT2D eigenvalue weighted by molar-refractivity contribution is -0.186. The summed E-state index contributed by atoms with van der Waals surface area (Å²) >= 11 is 3.39. The van der Waals surface area contributed by atoms with E-state index < -0.39 is 19.6 Å². The Morgan fingerprint density at radius 1 is 1.18 bits per heavy atom. The van der Waals surface area contributed by atoms with Crippen molar-refractivity contribution in [2.24, 2.45) is 0 Å². The maximum absolute atomic E-state index is 11.8. The molecule has 1 aromatic carbocycles. The van der Waals surface area contributed by atoms with Gasteiger partial charge in [0.1, 0.15) is 12.4 Å². The van der Waals surface area contributed by atoms with Gasteiger partial charge in [0, 0.05) is 4.47 Å². The summed E-state index contributed by atoms with van der Waals surface area (Å²) in [6, 6.07) is 3.46. The molecule has 6 heteroatoms. The van der Waals surface area contributed by atoms with Crippen LogP contribution in [-0.4, -0.2) is 19.6 Å². The Hall–Kier alpha value is -0.750. The van der Waals surface area contributed by atoms with E-state index in [-0.39, 0.29) is 0 Å². The summed E-state index contributed by atoms with van der Waals surface area (Å²) in [5, 5.41) is 0. The van der Waals surface area contributed by atoms with E-state index in [0.29, 0.717) is 5.75 Å². The molecule has 0 bridgehead atoms. The highest BCUT2D eigenvalue weighted by atomic mass is 79.9. The zero-order valence-electron chi connectivity index (χ0n) is 9.40. The Bertz CT molecular complexity index is 368. The van der Waals surface area contributed by atoms with Crippen molar-refractivity contribution >= 4 is 15.9 Å². The predicted octanol–water partition coefficient (Wildman–Crippen LogP) is 3.98. The quantitative estimate of drug-likeness (QED) is 0.618. The Balaban J connectivity index is 2.48. The first kappa shape index (κ1) is 14.3. The Morgan fingerprint density at radius 3 is 2.18 bits per heavy atom. The topological polar surface area (TPSA) is 18.5 Å². The fourth-order valence-electron chi connectivity index (χ4n) is 1.26. The number of rotatable bonds is 4. The van der Waals surface area contributed by atoms with Crippen LogP contribution in [-0.2, 0) is 4.74 Å². The Labute approximate surface area is 106 Å². The standard InChI is InChI=1S/C11H12BrF3O2/c1-7-3-9(4-8(2)10(7)12)17-6-16-5-11(13,14)15/h3-4H,5-6H2,1-2H3. The molecule has 0 heterocycles. The lowest BCUT2D eigenvalue weighted by Crippen LogP contribution is -2.19. The normalized spacial score (nSPS) is 11.6. The van der Waals surface area contributed by atoms with Gasteiger partial charge >= 0.3 is 6.18 Å². The molecule has 1 aromatic rings. The van der Waals surface area contributed by atoms with Crippen molar-refractivity contribution in [3.63, 3.8) is 0 Å². The summed E-state index contributed by atoms with van der Waals surface area (Å²) in [5.41, 5.74) is 1.91. The van der Waals surface area contributed by atoms with Crippen molar-refractivity contribution in [2.75, 3.05) is 13.4 Å². The maximum Gasteiger partial charge on any atom is 0.411 e. The van der Waals surface area contributed by atoms with Crippen LogP contribution in [0.15, 0.2) is 16.6 Å². The van der Waals surface area contributed by atoms with Crippen molar-refractivity contribution in [3.8, 4) is 5.75 Å². The van der Waals surface area contributed by atoms with E-state index in [9.17, 15) is 13.2 Å². The van der Waals surface area contributed by atoms with E-state index in [1.165, 1.54) is 0 Å². The number of halogens is 4. The molecule has 2 nitrogen and oxygen atoms in total. The molecule has 0 saturated carbocycles. The molecule has 1 rings (SSSR count). The van der Waals surface area contributed by atoms with Crippen molar-refractivity contribution in [2.45, 2.75) is 20.0 Å². The molecule has 0 aliphatic heterocycles. The van der Waals surface area contributed by atoms with Gasteiger partial charge in [-0.25, -0.2) is 0 Å². The van der Waals surface area contributed by atoms with E-state index in [2.05, 4.69) is 20.7 Å². The third-order valence-corrected chi connectivity index (χ3v) is 3.24. The van der Waals surface area contributed by atoms with Gasteiger partial charge in [0.05, 0.1) is 0 Å². The van der Waals surface area contributed by atoms with Gasteiger partial charge in [-0.15, -0.1) is 0 Å². The molecule has 0 aromatic heterocycles. The number of aryl methyl sites for hydroxylation is 2. The van der Waals surface area contributed by atoms with Gasteiger partial charge in [0.15, 0.2) is 6.79 Å². The minimum Gasteiger partial charge on any atom is -0.468 e. The van der Waals surface area contributed by atoms with Crippen LogP contribution in [0.5, 0.6) is 5.75 Å². The van der Waals surface area contributed by atoms with E-state index in [1.807, 2.05) is 13.8 Å². The molecule has 0 fully saturated rings. The minimum absolute atomic E-state index is 0.417. The zero-order valence-corrected chi connectivity index (χ0v) is 11.0. The van der Waals surface area contributed by atoms with Crippen molar-refractivity contribution in [1.82, 2.24) is 0 Å². The molecule has 0 N–H and O–H groups in total. The average Bonchev–Trinajstić information content (AvgIpc) is 2.19. The number of hydrogen-bond acceptors (Lipinski definition) is 2. The van der Waals surface area contributed by atoms with Gasteiger partial charge in [-0.1, -0.05) is 15.9 Å². The first-order valence-electron chi connectivity index (χ1n) is 4.83. The van der Waals surface area contributed by atoms with Crippen LogP contribution in [0.25, 0.3) is 0 Å². The number of ether oxygens (including phenoxy) is 2. The van der Waals surface area contributed by atoms with Gasteiger partial charge in [0.2, 0.25) is 0 Å². The minimum atomic E-state index is -4.32. The third-order valence-electron chi connectivity index (χ3n) is 1.98. The second-order valence-corrected chi connectivity index (χ2v) is 4.39. The fraction of sp³-hybridized carbons (Fsp3) is 0.455. The molecular formula is C11H12BrF3O2. The SMILES string of the molecule is Cc1cc(OCOCC(F)(F)F)cc(C)c1Br. The molecule has 0 amide bonds. The molecule has 0 unspecified atom stereocenters. The molecule has 0 saturated heterocycles. The van der Waals surface area contributed by atoms with E-state index in [0.717, 1.165) is 15.6 Å². The molecule has 0 spiro atoms. The summed E-state index contributed by atoms with van der Waals surface area (Å²) in [6.07, 6.45) is -4.32. The monoisotopic (exact) mass is 312 g/mol. The van der Waals surface area contributed by atoms with E-state index >= 15 is 0 Å². The van der Waals surface area contributed by atoms with Crippen molar-refractivity contribution in [1.29, 1.82) is 0 Å². The largest absolute Gasteiger partial charge is 0.468 e. The van der Waals surface area contributed by atoms with Crippen LogP contribution in [0.3, 0.4) is 0 Å². The van der Waals surface area contributed by atoms with Crippen LogP contribution in [0.4, 0.5) is 13.2 Å². The molecule has 0 radical (unpaired) electrons. The Kier molecular flexibility index (Phi) is 4.82. The number of hydrogen-bond donors (Lipinski definition) is 0. The maximum atomic E-state index is 11.8. The molecule has 0 aliphatic rings. The summed E-state index contributed by atoms with van der Waals surface area (Å²) in [7, 11) is 0. The zero-order chi connectivity index (χ0) is 13.1. The second-order valence-electron chi connectivity index (χ2n) is 3.60. The molecule has 96 valence electrons. The summed E-state index contributed by atoms with van der Waals surface area (Å²) in [5.74, 6) is 0.491. The Morgan fingerprint density at radius 2 is 1.71 bits per heavy atom.